The maximum absolute atomic E-state index is 5.92. The molecule has 2 saturated carbocycles. The molecular weight excluding hydrogens is 314 g/mol. The van der Waals surface area contributed by atoms with Crippen molar-refractivity contribution in [2.75, 3.05) is 6.61 Å². The third-order valence-corrected chi connectivity index (χ3v) is 5.73. The summed E-state index contributed by atoms with van der Waals surface area (Å²) in [6, 6.07) is 9.64. The lowest BCUT2D eigenvalue weighted by Gasteiger charge is -2.61. The van der Waals surface area contributed by atoms with Crippen LogP contribution in [0.3, 0.4) is 0 Å². The van der Waals surface area contributed by atoms with E-state index in [2.05, 4.69) is 59.4 Å². The Balaban J connectivity index is 1.64. The highest BCUT2D eigenvalue weighted by molar-refractivity contribution is 9.10. The zero-order chi connectivity index (χ0) is 14.2. The van der Waals surface area contributed by atoms with Crippen LogP contribution in [0.15, 0.2) is 28.7 Å². The van der Waals surface area contributed by atoms with Crippen LogP contribution in [0, 0.1) is 5.41 Å². The Morgan fingerprint density at radius 2 is 2.25 bits per heavy atom. The number of ether oxygens (including phenoxy) is 1. The van der Waals surface area contributed by atoms with E-state index in [1.54, 1.807) is 0 Å². The molecule has 1 N–H and O–H groups in total. The maximum Gasteiger partial charge on any atom is 0.0661 e. The number of benzene rings is 1. The van der Waals surface area contributed by atoms with Crippen molar-refractivity contribution in [2.24, 2.45) is 5.41 Å². The molecule has 2 aliphatic carbocycles. The van der Waals surface area contributed by atoms with Gasteiger partial charge in [-0.1, -0.05) is 34.5 Å². The number of halogens is 1. The molecule has 3 heteroatoms. The predicted molar refractivity (Wildman–Crippen MR) is 85.8 cm³/mol. The van der Waals surface area contributed by atoms with Crippen molar-refractivity contribution >= 4 is 15.9 Å². The molecule has 1 aromatic rings. The molecule has 1 spiro atoms. The van der Waals surface area contributed by atoms with Gasteiger partial charge >= 0.3 is 0 Å². The van der Waals surface area contributed by atoms with Crippen LogP contribution in [-0.2, 0) is 4.74 Å². The van der Waals surface area contributed by atoms with Gasteiger partial charge < -0.3 is 10.1 Å². The summed E-state index contributed by atoms with van der Waals surface area (Å²) >= 11 is 3.56. The molecule has 0 bridgehead atoms. The first-order valence-corrected chi connectivity index (χ1v) is 8.58. The third kappa shape index (κ3) is 2.44. The maximum atomic E-state index is 5.92. The van der Waals surface area contributed by atoms with Gasteiger partial charge in [0.1, 0.15) is 0 Å². The van der Waals surface area contributed by atoms with Gasteiger partial charge in [-0.3, -0.25) is 0 Å². The average molecular weight is 338 g/mol. The van der Waals surface area contributed by atoms with Crippen LogP contribution in [-0.4, -0.2) is 18.8 Å². The van der Waals surface area contributed by atoms with Crippen LogP contribution in [0.5, 0.6) is 0 Å². The van der Waals surface area contributed by atoms with Crippen LogP contribution in [0.4, 0.5) is 0 Å². The molecule has 3 rings (SSSR count). The highest BCUT2D eigenvalue weighted by atomic mass is 79.9. The molecule has 0 radical (unpaired) electrons. The first-order valence-electron chi connectivity index (χ1n) is 7.79. The fourth-order valence-corrected chi connectivity index (χ4v) is 4.26. The molecule has 20 heavy (non-hydrogen) atoms. The molecule has 0 amide bonds. The normalized spacial score (nSPS) is 28.8. The summed E-state index contributed by atoms with van der Waals surface area (Å²) in [6.45, 7) is 5.22. The van der Waals surface area contributed by atoms with E-state index in [1.807, 2.05) is 0 Å². The van der Waals surface area contributed by atoms with Crippen LogP contribution in [0.2, 0.25) is 0 Å². The minimum absolute atomic E-state index is 0.401. The summed E-state index contributed by atoms with van der Waals surface area (Å²) in [5.74, 6) is 0. The van der Waals surface area contributed by atoms with Gasteiger partial charge in [-0.15, -0.1) is 0 Å². The van der Waals surface area contributed by atoms with Crippen molar-refractivity contribution in [3.05, 3.63) is 34.3 Å². The van der Waals surface area contributed by atoms with E-state index in [1.165, 1.54) is 31.2 Å². The quantitative estimate of drug-likeness (QED) is 0.857. The molecule has 0 aliphatic heterocycles. The van der Waals surface area contributed by atoms with Gasteiger partial charge in [0, 0.05) is 28.6 Å². The Morgan fingerprint density at radius 1 is 1.45 bits per heavy atom. The lowest BCUT2D eigenvalue weighted by Crippen LogP contribution is -2.67. The number of nitrogens with one attached hydrogen (secondary N) is 1. The van der Waals surface area contributed by atoms with E-state index in [0.717, 1.165) is 11.1 Å². The lowest BCUT2D eigenvalue weighted by atomic mass is 9.51. The molecule has 2 aliphatic rings. The smallest absolute Gasteiger partial charge is 0.0661 e. The molecule has 0 aromatic heterocycles. The van der Waals surface area contributed by atoms with Crippen LogP contribution in [0.25, 0.3) is 0 Å². The Hall–Kier alpha value is -0.380. The Morgan fingerprint density at radius 3 is 2.85 bits per heavy atom. The molecule has 3 atom stereocenters. The Kier molecular flexibility index (Phi) is 4.21. The molecule has 2 nitrogen and oxygen atoms in total. The fourth-order valence-electron chi connectivity index (χ4n) is 3.85. The van der Waals surface area contributed by atoms with E-state index in [4.69, 9.17) is 4.74 Å². The number of hydrogen-bond donors (Lipinski definition) is 1. The van der Waals surface area contributed by atoms with E-state index < -0.39 is 0 Å². The zero-order valence-corrected chi connectivity index (χ0v) is 13.9. The second-order valence-electron chi connectivity index (χ2n) is 6.26. The average Bonchev–Trinajstić information content (AvgIpc) is 2.35. The number of hydrogen-bond acceptors (Lipinski definition) is 2. The first-order chi connectivity index (χ1) is 9.65. The van der Waals surface area contributed by atoms with Crippen molar-refractivity contribution in [1.29, 1.82) is 0 Å². The van der Waals surface area contributed by atoms with Crippen molar-refractivity contribution in [1.82, 2.24) is 5.32 Å². The van der Waals surface area contributed by atoms with Gasteiger partial charge in [-0.2, -0.15) is 0 Å². The summed E-state index contributed by atoms with van der Waals surface area (Å²) < 4.78 is 7.08. The Labute approximate surface area is 130 Å². The van der Waals surface area contributed by atoms with E-state index >= 15 is 0 Å². The van der Waals surface area contributed by atoms with E-state index in [9.17, 15) is 0 Å². The SMILES string of the molecule is CCOC1CC(N[C@H](C)c2cccc(Br)c2)C12CCC2. The molecule has 2 unspecified atom stereocenters. The molecule has 1 aromatic carbocycles. The van der Waals surface area contributed by atoms with Gasteiger partial charge in [0.05, 0.1) is 6.10 Å². The van der Waals surface area contributed by atoms with E-state index in [0.29, 0.717) is 23.6 Å². The summed E-state index contributed by atoms with van der Waals surface area (Å²) in [6.07, 6.45) is 5.70. The largest absolute Gasteiger partial charge is 0.378 e. The standard InChI is InChI=1S/C17H24BrNO/c1-3-20-16-11-15(17(16)8-5-9-17)19-12(2)13-6-4-7-14(18)10-13/h4,6-7,10,12,15-16,19H,3,5,8-9,11H2,1-2H3/t12-,15?,16?/m1/s1. The Bertz CT molecular complexity index is 472. The summed E-state index contributed by atoms with van der Waals surface area (Å²) in [5, 5.41) is 3.84. The van der Waals surface area contributed by atoms with Gasteiger partial charge in [0.2, 0.25) is 0 Å². The molecule has 2 fully saturated rings. The van der Waals surface area contributed by atoms with Gasteiger partial charge in [0.25, 0.3) is 0 Å². The van der Waals surface area contributed by atoms with Crippen molar-refractivity contribution in [3.63, 3.8) is 0 Å². The van der Waals surface area contributed by atoms with Crippen LogP contribution in [0.1, 0.15) is 51.1 Å². The minimum atomic E-state index is 0.401. The summed E-state index contributed by atoms with van der Waals surface area (Å²) in [4.78, 5) is 0. The second kappa shape index (κ2) is 5.78. The zero-order valence-electron chi connectivity index (χ0n) is 12.4. The van der Waals surface area contributed by atoms with Crippen molar-refractivity contribution in [2.45, 2.75) is 57.7 Å². The topological polar surface area (TPSA) is 21.3 Å². The molecule has 0 heterocycles. The summed E-state index contributed by atoms with van der Waals surface area (Å²) in [7, 11) is 0. The highest BCUT2D eigenvalue weighted by Gasteiger charge is 2.58. The predicted octanol–water partition coefficient (Wildman–Crippen LogP) is 4.45. The fraction of sp³-hybridized carbons (Fsp3) is 0.647. The van der Waals surface area contributed by atoms with Gasteiger partial charge in [-0.25, -0.2) is 0 Å². The van der Waals surface area contributed by atoms with Crippen LogP contribution < -0.4 is 5.32 Å². The first kappa shape index (κ1) is 14.6. The van der Waals surface area contributed by atoms with Gasteiger partial charge in [-0.05, 0) is 50.8 Å². The molecule has 110 valence electrons. The summed E-state index contributed by atoms with van der Waals surface area (Å²) in [5.41, 5.74) is 1.80. The van der Waals surface area contributed by atoms with Crippen molar-refractivity contribution in [3.8, 4) is 0 Å². The highest BCUT2D eigenvalue weighted by Crippen LogP contribution is 2.57. The third-order valence-electron chi connectivity index (χ3n) is 5.24. The second-order valence-corrected chi connectivity index (χ2v) is 7.18. The van der Waals surface area contributed by atoms with E-state index in [-0.39, 0.29) is 0 Å². The lowest BCUT2D eigenvalue weighted by molar-refractivity contribution is -0.174. The minimum Gasteiger partial charge on any atom is -0.378 e. The van der Waals surface area contributed by atoms with Crippen LogP contribution >= 0.6 is 15.9 Å². The molecular formula is C17H24BrNO. The van der Waals surface area contributed by atoms with Crippen molar-refractivity contribution < 1.29 is 4.74 Å². The van der Waals surface area contributed by atoms with Gasteiger partial charge in [0.15, 0.2) is 0 Å². The number of rotatable bonds is 5. The monoisotopic (exact) mass is 337 g/mol. The molecule has 0 saturated heterocycles.